The molecule has 0 unspecified atom stereocenters. The van der Waals surface area contributed by atoms with Crippen molar-refractivity contribution in [2.45, 2.75) is 19.5 Å². The molecule has 4 nitrogen and oxygen atoms in total. The van der Waals surface area contributed by atoms with Gasteiger partial charge in [0.05, 0.1) is 5.56 Å². The van der Waals surface area contributed by atoms with Gasteiger partial charge in [-0.2, -0.15) is 13.2 Å². The summed E-state index contributed by atoms with van der Waals surface area (Å²) >= 11 is 0. The van der Waals surface area contributed by atoms with Gasteiger partial charge in [-0.1, -0.05) is 6.07 Å². The molecule has 19 heavy (non-hydrogen) atoms. The van der Waals surface area contributed by atoms with Crippen LogP contribution in [0.1, 0.15) is 18.9 Å². The van der Waals surface area contributed by atoms with Crippen LogP contribution in [0.3, 0.4) is 0 Å². The van der Waals surface area contributed by atoms with Crippen molar-refractivity contribution in [3.63, 3.8) is 0 Å². The van der Waals surface area contributed by atoms with Gasteiger partial charge in [-0.15, -0.1) is 0 Å². The summed E-state index contributed by atoms with van der Waals surface area (Å²) in [5, 5.41) is 4.64. The maximum Gasteiger partial charge on any atom is 0.416 e. The predicted octanol–water partition coefficient (Wildman–Crippen LogP) is 2.81. The summed E-state index contributed by atoms with van der Waals surface area (Å²) < 4.78 is 37.3. The standard InChI is InChI=1S/C12H13F3N2O2/c1-8(18)5-6-16-11(19)17-10-4-2-3-9(7-10)12(13,14)15/h2-4,7H,5-6H2,1H3,(H2,16,17,19). The number of hydrogen-bond donors (Lipinski definition) is 2. The Hall–Kier alpha value is -2.05. The Kier molecular flexibility index (Phi) is 4.91. The molecule has 0 aromatic heterocycles. The van der Waals surface area contributed by atoms with E-state index in [2.05, 4.69) is 10.6 Å². The van der Waals surface area contributed by atoms with E-state index < -0.39 is 17.8 Å². The molecule has 2 N–H and O–H groups in total. The Balaban J connectivity index is 2.57. The van der Waals surface area contributed by atoms with Crippen molar-refractivity contribution in [2.75, 3.05) is 11.9 Å². The molecule has 7 heteroatoms. The molecule has 1 aromatic carbocycles. The van der Waals surface area contributed by atoms with E-state index in [9.17, 15) is 22.8 Å². The minimum atomic E-state index is -4.46. The number of nitrogens with one attached hydrogen (secondary N) is 2. The number of carbonyl (C=O) groups excluding carboxylic acids is 2. The first-order chi connectivity index (χ1) is 8.79. The average Bonchev–Trinajstić information content (AvgIpc) is 2.27. The lowest BCUT2D eigenvalue weighted by Gasteiger charge is -2.10. The highest BCUT2D eigenvalue weighted by Crippen LogP contribution is 2.30. The number of amides is 2. The Bertz CT molecular complexity index is 472. The smallest absolute Gasteiger partial charge is 0.337 e. The second kappa shape index (κ2) is 6.21. The number of rotatable bonds is 4. The molecule has 0 saturated heterocycles. The van der Waals surface area contributed by atoms with Gasteiger partial charge in [0.25, 0.3) is 0 Å². The van der Waals surface area contributed by atoms with Gasteiger partial charge in [0.15, 0.2) is 0 Å². The fourth-order valence-corrected chi connectivity index (χ4v) is 1.30. The zero-order valence-corrected chi connectivity index (χ0v) is 10.2. The van der Waals surface area contributed by atoms with E-state index >= 15 is 0 Å². The van der Waals surface area contributed by atoms with Gasteiger partial charge in [0.2, 0.25) is 0 Å². The molecule has 0 fully saturated rings. The van der Waals surface area contributed by atoms with E-state index in [0.29, 0.717) is 0 Å². The number of Topliss-reactive ketones (excluding diaryl/α,β-unsaturated/α-hetero) is 1. The van der Waals surface area contributed by atoms with Crippen LogP contribution in [0.2, 0.25) is 0 Å². The lowest BCUT2D eigenvalue weighted by atomic mass is 10.2. The van der Waals surface area contributed by atoms with E-state index in [0.717, 1.165) is 12.1 Å². The van der Waals surface area contributed by atoms with Gasteiger partial charge in [-0.3, -0.25) is 4.79 Å². The summed E-state index contributed by atoms with van der Waals surface area (Å²) in [5.74, 6) is -0.0839. The number of ketones is 1. The van der Waals surface area contributed by atoms with Gasteiger partial charge in [0, 0.05) is 18.7 Å². The third kappa shape index (κ3) is 5.41. The molecule has 0 heterocycles. The summed E-state index contributed by atoms with van der Waals surface area (Å²) in [6.45, 7) is 1.52. The molecule has 2 amide bonds. The SMILES string of the molecule is CC(=O)CCNC(=O)Nc1cccc(C(F)(F)F)c1. The highest BCUT2D eigenvalue weighted by molar-refractivity contribution is 5.89. The summed E-state index contributed by atoms with van der Waals surface area (Å²) in [6.07, 6.45) is -4.28. The third-order valence-electron chi connectivity index (χ3n) is 2.21. The summed E-state index contributed by atoms with van der Waals surface area (Å²) in [5.41, 5.74) is -0.802. The molecule has 0 bridgehead atoms. The predicted molar refractivity (Wildman–Crippen MR) is 63.8 cm³/mol. The molecular weight excluding hydrogens is 261 g/mol. The summed E-state index contributed by atoms with van der Waals surface area (Å²) in [4.78, 5) is 22.0. The third-order valence-corrected chi connectivity index (χ3v) is 2.21. The Morgan fingerprint density at radius 2 is 1.95 bits per heavy atom. The maximum atomic E-state index is 12.4. The van der Waals surface area contributed by atoms with Gasteiger partial charge < -0.3 is 10.6 Å². The highest BCUT2D eigenvalue weighted by atomic mass is 19.4. The van der Waals surface area contributed by atoms with Crippen LogP contribution in [0, 0.1) is 0 Å². The fourth-order valence-electron chi connectivity index (χ4n) is 1.30. The first kappa shape index (κ1) is 15.0. The van der Waals surface area contributed by atoms with E-state index in [1.165, 1.54) is 19.1 Å². The second-order valence-corrected chi connectivity index (χ2v) is 3.91. The molecule has 0 aliphatic carbocycles. The van der Waals surface area contributed by atoms with Crippen LogP contribution in [0.4, 0.5) is 23.7 Å². The number of hydrogen-bond acceptors (Lipinski definition) is 2. The molecule has 0 saturated carbocycles. The molecule has 0 spiro atoms. The topological polar surface area (TPSA) is 58.2 Å². The van der Waals surface area contributed by atoms with E-state index in [1.54, 1.807) is 0 Å². The first-order valence-electron chi connectivity index (χ1n) is 5.50. The van der Waals surface area contributed by atoms with E-state index in [-0.39, 0.29) is 24.4 Å². The Morgan fingerprint density at radius 3 is 2.53 bits per heavy atom. The zero-order valence-electron chi connectivity index (χ0n) is 10.2. The number of anilines is 1. The molecular formula is C12H13F3N2O2. The van der Waals surface area contributed by atoms with Crippen molar-refractivity contribution in [1.82, 2.24) is 5.32 Å². The van der Waals surface area contributed by atoms with Gasteiger partial charge in [-0.05, 0) is 25.1 Å². The van der Waals surface area contributed by atoms with Crippen LogP contribution in [0.5, 0.6) is 0 Å². The largest absolute Gasteiger partial charge is 0.416 e. The first-order valence-corrected chi connectivity index (χ1v) is 5.50. The van der Waals surface area contributed by atoms with Crippen LogP contribution >= 0.6 is 0 Å². The van der Waals surface area contributed by atoms with Crippen LogP contribution < -0.4 is 10.6 Å². The van der Waals surface area contributed by atoms with Crippen LogP contribution in [0.25, 0.3) is 0 Å². The highest BCUT2D eigenvalue weighted by Gasteiger charge is 2.30. The minimum absolute atomic E-state index is 0.0372. The van der Waals surface area contributed by atoms with Crippen molar-refractivity contribution in [2.24, 2.45) is 0 Å². The average molecular weight is 274 g/mol. The number of carbonyl (C=O) groups is 2. The van der Waals surface area contributed by atoms with Crippen molar-refractivity contribution in [3.05, 3.63) is 29.8 Å². The van der Waals surface area contributed by atoms with Crippen molar-refractivity contribution >= 4 is 17.5 Å². The number of alkyl halides is 3. The van der Waals surface area contributed by atoms with Crippen molar-refractivity contribution < 1.29 is 22.8 Å². The van der Waals surface area contributed by atoms with Crippen LogP contribution in [-0.4, -0.2) is 18.4 Å². The number of halogens is 3. The Labute approximate surface area is 108 Å². The molecule has 1 rings (SSSR count). The molecule has 0 radical (unpaired) electrons. The lowest BCUT2D eigenvalue weighted by molar-refractivity contribution is -0.137. The van der Waals surface area contributed by atoms with E-state index in [4.69, 9.17) is 0 Å². The second-order valence-electron chi connectivity index (χ2n) is 3.91. The normalized spacial score (nSPS) is 10.9. The zero-order chi connectivity index (χ0) is 14.5. The van der Waals surface area contributed by atoms with Gasteiger partial charge in [0.1, 0.15) is 5.78 Å². The summed E-state index contributed by atoms with van der Waals surface area (Å²) in [7, 11) is 0. The monoisotopic (exact) mass is 274 g/mol. The van der Waals surface area contributed by atoms with Crippen LogP contribution in [0.15, 0.2) is 24.3 Å². The van der Waals surface area contributed by atoms with Gasteiger partial charge >= 0.3 is 12.2 Å². The molecule has 1 aromatic rings. The fraction of sp³-hybridized carbons (Fsp3) is 0.333. The summed E-state index contributed by atoms with van der Waals surface area (Å²) in [6, 6.07) is 3.65. The molecule has 0 aliphatic rings. The Morgan fingerprint density at radius 1 is 1.26 bits per heavy atom. The van der Waals surface area contributed by atoms with Gasteiger partial charge in [-0.25, -0.2) is 4.79 Å². The lowest BCUT2D eigenvalue weighted by Crippen LogP contribution is -2.30. The van der Waals surface area contributed by atoms with E-state index in [1.807, 2.05) is 0 Å². The molecule has 0 aliphatic heterocycles. The number of urea groups is 1. The van der Waals surface area contributed by atoms with Crippen LogP contribution in [-0.2, 0) is 11.0 Å². The van der Waals surface area contributed by atoms with Crippen molar-refractivity contribution in [1.29, 1.82) is 0 Å². The molecule has 0 atom stereocenters. The maximum absolute atomic E-state index is 12.4. The number of benzene rings is 1. The molecule has 104 valence electrons. The quantitative estimate of drug-likeness (QED) is 0.887. The van der Waals surface area contributed by atoms with Crippen molar-refractivity contribution in [3.8, 4) is 0 Å². The minimum Gasteiger partial charge on any atom is -0.337 e.